The number of ether oxygens (including phenoxy) is 1. The van der Waals surface area contributed by atoms with Crippen molar-refractivity contribution in [3.63, 3.8) is 0 Å². The Morgan fingerprint density at radius 1 is 1.04 bits per heavy atom. The van der Waals surface area contributed by atoms with Gasteiger partial charge in [0.05, 0.1) is 5.69 Å². The van der Waals surface area contributed by atoms with Gasteiger partial charge in [-0.3, -0.25) is 0 Å². The van der Waals surface area contributed by atoms with E-state index in [2.05, 4.69) is 27.8 Å². The maximum Gasteiger partial charge on any atom is 0.140 e. The van der Waals surface area contributed by atoms with Crippen LogP contribution in [0.5, 0.6) is 5.75 Å². The number of nitrogens with zero attached hydrogens (tertiary/aromatic N) is 1. The fourth-order valence-corrected chi connectivity index (χ4v) is 4.21. The molecule has 0 unspecified atom stereocenters. The molecular weight excluding hydrogens is 376 g/mol. The molecule has 2 aromatic carbocycles. The highest BCUT2D eigenvalue weighted by atomic mass is 35.5. The Morgan fingerprint density at radius 2 is 1.78 bits per heavy atom. The molecular formula is C22H23ClN2OS. The standard InChI is InChI=1S/C22H23ClN2OS/c23-18-9-7-17(8-10-18)21-15-27-22(25-21)14-26-20-11-5-16(6-12-20)13-24-19-3-1-2-4-19/h5-12,15,19,24H,1-4,13-14H2. The number of aromatic nitrogens is 1. The smallest absolute Gasteiger partial charge is 0.140 e. The van der Waals surface area contributed by atoms with Gasteiger partial charge in [-0.15, -0.1) is 11.3 Å². The van der Waals surface area contributed by atoms with Gasteiger partial charge in [-0.2, -0.15) is 0 Å². The molecule has 1 N–H and O–H groups in total. The van der Waals surface area contributed by atoms with E-state index in [1.54, 1.807) is 11.3 Å². The van der Waals surface area contributed by atoms with Crippen LogP contribution in [0.4, 0.5) is 0 Å². The van der Waals surface area contributed by atoms with Crippen molar-refractivity contribution < 1.29 is 4.74 Å². The summed E-state index contributed by atoms with van der Waals surface area (Å²) in [7, 11) is 0. The predicted octanol–water partition coefficient (Wildman–Crippen LogP) is 6.07. The fraction of sp³-hybridized carbons (Fsp3) is 0.318. The van der Waals surface area contributed by atoms with Crippen LogP contribution in [0.15, 0.2) is 53.9 Å². The molecule has 0 aliphatic heterocycles. The first-order valence-corrected chi connectivity index (χ1v) is 10.7. The minimum atomic E-state index is 0.484. The third kappa shape index (κ3) is 5.10. The highest BCUT2D eigenvalue weighted by molar-refractivity contribution is 7.09. The van der Waals surface area contributed by atoms with Gasteiger partial charge in [-0.05, 0) is 42.7 Å². The van der Waals surface area contributed by atoms with E-state index in [0.29, 0.717) is 12.6 Å². The summed E-state index contributed by atoms with van der Waals surface area (Å²) in [6.07, 6.45) is 5.35. The minimum Gasteiger partial charge on any atom is -0.486 e. The van der Waals surface area contributed by atoms with Gasteiger partial charge >= 0.3 is 0 Å². The molecule has 3 nitrogen and oxygen atoms in total. The number of thiazole rings is 1. The molecule has 4 rings (SSSR count). The van der Waals surface area contributed by atoms with Crippen molar-refractivity contribution in [1.29, 1.82) is 0 Å². The molecule has 1 heterocycles. The number of benzene rings is 2. The summed E-state index contributed by atoms with van der Waals surface area (Å²) < 4.78 is 5.90. The SMILES string of the molecule is Clc1ccc(-c2csc(COc3ccc(CNC4CCCC4)cc3)n2)cc1. The molecule has 1 aromatic heterocycles. The summed E-state index contributed by atoms with van der Waals surface area (Å²) in [6.45, 7) is 1.42. The van der Waals surface area contributed by atoms with Gasteiger partial charge in [-0.25, -0.2) is 4.98 Å². The van der Waals surface area contributed by atoms with Gasteiger partial charge in [0.2, 0.25) is 0 Å². The van der Waals surface area contributed by atoms with Crippen molar-refractivity contribution in [2.75, 3.05) is 0 Å². The highest BCUT2D eigenvalue weighted by Gasteiger charge is 2.13. The van der Waals surface area contributed by atoms with E-state index in [1.165, 1.54) is 31.2 Å². The van der Waals surface area contributed by atoms with Crippen LogP contribution in [-0.2, 0) is 13.2 Å². The maximum absolute atomic E-state index is 5.94. The van der Waals surface area contributed by atoms with Crippen LogP contribution in [0.3, 0.4) is 0 Å². The molecule has 1 aliphatic rings. The molecule has 0 saturated heterocycles. The molecule has 3 aromatic rings. The lowest BCUT2D eigenvalue weighted by atomic mass is 10.2. The first-order chi connectivity index (χ1) is 13.3. The Bertz CT molecular complexity index is 855. The molecule has 0 spiro atoms. The van der Waals surface area contributed by atoms with E-state index in [-0.39, 0.29) is 0 Å². The number of hydrogen-bond acceptors (Lipinski definition) is 4. The van der Waals surface area contributed by atoms with Gasteiger partial charge in [0.25, 0.3) is 0 Å². The molecule has 0 bridgehead atoms. The quantitative estimate of drug-likeness (QED) is 0.524. The second-order valence-corrected chi connectivity index (χ2v) is 8.31. The zero-order valence-electron chi connectivity index (χ0n) is 15.2. The Morgan fingerprint density at radius 3 is 2.52 bits per heavy atom. The fourth-order valence-electron chi connectivity index (χ4n) is 3.37. The van der Waals surface area contributed by atoms with Crippen molar-refractivity contribution in [2.24, 2.45) is 0 Å². The number of hydrogen-bond donors (Lipinski definition) is 1. The molecule has 1 fully saturated rings. The van der Waals surface area contributed by atoms with Gasteiger partial charge in [0, 0.05) is 28.6 Å². The lowest BCUT2D eigenvalue weighted by Gasteiger charge is -2.12. The molecule has 0 amide bonds. The van der Waals surface area contributed by atoms with Gasteiger partial charge in [0.15, 0.2) is 0 Å². The Labute approximate surface area is 169 Å². The molecule has 140 valence electrons. The largest absolute Gasteiger partial charge is 0.486 e. The Hall–Kier alpha value is -1.88. The zero-order valence-corrected chi connectivity index (χ0v) is 16.7. The average Bonchev–Trinajstić information content (AvgIpc) is 3.38. The normalized spacial score (nSPS) is 14.6. The van der Waals surface area contributed by atoms with Gasteiger partial charge in [-0.1, -0.05) is 48.7 Å². The van der Waals surface area contributed by atoms with Crippen LogP contribution in [0, 0.1) is 0 Å². The Kier molecular flexibility index (Phi) is 6.07. The van der Waals surface area contributed by atoms with Crippen LogP contribution in [-0.4, -0.2) is 11.0 Å². The number of nitrogens with one attached hydrogen (secondary N) is 1. The first-order valence-electron chi connectivity index (χ1n) is 9.42. The summed E-state index contributed by atoms with van der Waals surface area (Å²) in [5.41, 5.74) is 3.33. The maximum atomic E-state index is 5.94. The van der Waals surface area contributed by atoms with Gasteiger partial charge in [0.1, 0.15) is 17.4 Å². The monoisotopic (exact) mass is 398 g/mol. The van der Waals surface area contributed by atoms with Crippen LogP contribution < -0.4 is 10.1 Å². The first kappa shape index (κ1) is 18.5. The second-order valence-electron chi connectivity index (χ2n) is 6.93. The summed E-state index contributed by atoms with van der Waals surface area (Å²) >= 11 is 7.56. The average molecular weight is 399 g/mol. The number of halogens is 1. The van der Waals surface area contributed by atoms with Crippen LogP contribution in [0.25, 0.3) is 11.3 Å². The predicted molar refractivity (Wildman–Crippen MR) is 112 cm³/mol. The second kappa shape index (κ2) is 8.87. The van der Waals surface area contributed by atoms with Crippen LogP contribution in [0.1, 0.15) is 36.3 Å². The van der Waals surface area contributed by atoms with E-state index < -0.39 is 0 Å². The summed E-state index contributed by atoms with van der Waals surface area (Å²) in [5.74, 6) is 0.878. The van der Waals surface area contributed by atoms with Crippen molar-refractivity contribution in [2.45, 2.75) is 44.9 Å². The van der Waals surface area contributed by atoms with Crippen molar-refractivity contribution in [1.82, 2.24) is 10.3 Å². The van der Waals surface area contributed by atoms with E-state index in [9.17, 15) is 0 Å². The third-order valence-electron chi connectivity index (χ3n) is 4.93. The molecule has 5 heteroatoms. The van der Waals surface area contributed by atoms with Crippen LogP contribution in [0.2, 0.25) is 5.02 Å². The topological polar surface area (TPSA) is 34.1 Å². The van der Waals surface area contributed by atoms with E-state index in [0.717, 1.165) is 33.6 Å². The van der Waals surface area contributed by atoms with Crippen molar-refractivity contribution in [3.8, 4) is 17.0 Å². The summed E-state index contributed by atoms with van der Waals surface area (Å²) in [5, 5.41) is 7.40. The lowest BCUT2D eigenvalue weighted by Crippen LogP contribution is -2.25. The van der Waals surface area contributed by atoms with Crippen molar-refractivity contribution >= 4 is 22.9 Å². The van der Waals surface area contributed by atoms with E-state index in [4.69, 9.17) is 16.3 Å². The molecule has 0 atom stereocenters. The van der Waals surface area contributed by atoms with E-state index in [1.807, 2.05) is 36.4 Å². The number of rotatable bonds is 7. The molecule has 27 heavy (non-hydrogen) atoms. The van der Waals surface area contributed by atoms with Crippen molar-refractivity contribution in [3.05, 3.63) is 69.5 Å². The molecule has 0 radical (unpaired) electrons. The van der Waals surface area contributed by atoms with Gasteiger partial charge < -0.3 is 10.1 Å². The lowest BCUT2D eigenvalue weighted by molar-refractivity contribution is 0.305. The molecule has 1 aliphatic carbocycles. The minimum absolute atomic E-state index is 0.484. The summed E-state index contributed by atoms with van der Waals surface area (Å²) in [4.78, 5) is 4.66. The highest BCUT2D eigenvalue weighted by Crippen LogP contribution is 2.24. The van der Waals surface area contributed by atoms with Crippen LogP contribution >= 0.6 is 22.9 Å². The third-order valence-corrected chi connectivity index (χ3v) is 6.00. The molecule has 1 saturated carbocycles. The zero-order chi connectivity index (χ0) is 18.5. The Balaban J connectivity index is 1.29. The van der Waals surface area contributed by atoms with E-state index >= 15 is 0 Å². The summed E-state index contributed by atoms with van der Waals surface area (Å²) in [6, 6.07) is 16.8.